The molecule has 1 heterocycles. The van der Waals surface area contributed by atoms with Gasteiger partial charge in [-0.1, -0.05) is 17.4 Å². The topological polar surface area (TPSA) is 51.2 Å². The van der Waals surface area contributed by atoms with Crippen LogP contribution in [0.25, 0.3) is 10.2 Å². The van der Waals surface area contributed by atoms with Gasteiger partial charge in [0.1, 0.15) is 17.4 Å². The molecule has 0 fully saturated rings. The molecule has 0 unspecified atom stereocenters. The fraction of sp³-hybridized carbons (Fsp3) is 0.125. The molecule has 0 atom stereocenters. The van der Waals surface area contributed by atoms with Crippen LogP contribution in [-0.2, 0) is 11.2 Å². The third kappa shape index (κ3) is 3.45. The van der Waals surface area contributed by atoms with E-state index >= 15 is 0 Å². The summed E-state index contributed by atoms with van der Waals surface area (Å²) >= 11 is 1.17. The Morgan fingerprint density at radius 3 is 2.83 bits per heavy atom. The highest BCUT2D eigenvalue weighted by atomic mass is 32.1. The van der Waals surface area contributed by atoms with Gasteiger partial charge >= 0.3 is 0 Å². The molecule has 2 aromatic carbocycles. The van der Waals surface area contributed by atoms with E-state index in [1.54, 1.807) is 12.1 Å². The lowest BCUT2D eigenvalue weighted by molar-refractivity contribution is -0.120. The van der Waals surface area contributed by atoms with Gasteiger partial charge in [-0.15, -0.1) is 0 Å². The van der Waals surface area contributed by atoms with E-state index in [0.717, 1.165) is 0 Å². The molecule has 23 heavy (non-hydrogen) atoms. The van der Waals surface area contributed by atoms with Crippen molar-refractivity contribution in [3.8, 4) is 10.9 Å². The number of thiazole rings is 1. The van der Waals surface area contributed by atoms with Crippen molar-refractivity contribution >= 4 is 27.5 Å². The van der Waals surface area contributed by atoms with E-state index in [1.165, 1.54) is 42.6 Å². The van der Waals surface area contributed by atoms with Gasteiger partial charge in [0.2, 0.25) is 5.91 Å². The monoisotopic (exact) mass is 334 g/mol. The van der Waals surface area contributed by atoms with E-state index in [4.69, 9.17) is 4.74 Å². The van der Waals surface area contributed by atoms with Gasteiger partial charge in [-0.2, -0.15) is 0 Å². The second kappa shape index (κ2) is 6.29. The maximum atomic E-state index is 14.0. The third-order valence-corrected chi connectivity index (χ3v) is 4.09. The normalized spacial score (nSPS) is 10.7. The molecule has 0 bridgehead atoms. The number of carbonyl (C=O) groups is 1. The summed E-state index contributed by atoms with van der Waals surface area (Å²) in [7, 11) is 1.49. The van der Waals surface area contributed by atoms with Crippen molar-refractivity contribution in [1.29, 1.82) is 0 Å². The molecule has 4 nitrogen and oxygen atoms in total. The van der Waals surface area contributed by atoms with Crippen LogP contribution in [0.4, 0.5) is 8.78 Å². The van der Waals surface area contributed by atoms with Gasteiger partial charge in [0.05, 0.1) is 16.6 Å². The van der Waals surface area contributed by atoms with Crippen molar-refractivity contribution in [3.63, 3.8) is 0 Å². The number of aromatic nitrogens is 1. The zero-order valence-electron chi connectivity index (χ0n) is 12.1. The van der Waals surface area contributed by atoms with Crippen LogP contribution in [0.15, 0.2) is 36.4 Å². The number of halogens is 2. The van der Waals surface area contributed by atoms with Crippen LogP contribution in [0, 0.1) is 11.6 Å². The molecule has 1 aromatic heterocycles. The SMILES string of the molecule is CNC(=O)Cc1ccc(Oc2nc3ccc(F)cc3s2)cc1F. The number of hydrogen-bond donors (Lipinski definition) is 1. The van der Waals surface area contributed by atoms with E-state index in [9.17, 15) is 13.6 Å². The van der Waals surface area contributed by atoms with Crippen LogP contribution >= 0.6 is 11.3 Å². The molecule has 0 radical (unpaired) electrons. The summed E-state index contributed by atoms with van der Waals surface area (Å²) in [6.45, 7) is 0. The van der Waals surface area contributed by atoms with Crippen LogP contribution in [0.1, 0.15) is 5.56 Å². The van der Waals surface area contributed by atoms with E-state index in [2.05, 4.69) is 10.3 Å². The number of fused-ring (bicyclic) bond motifs is 1. The number of hydrogen-bond acceptors (Lipinski definition) is 4. The molecule has 7 heteroatoms. The predicted octanol–water partition coefficient (Wildman–Crippen LogP) is 3.66. The Labute approximate surface area is 134 Å². The smallest absolute Gasteiger partial charge is 0.279 e. The van der Waals surface area contributed by atoms with Crippen molar-refractivity contribution < 1.29 is 18.3 Å². The first-order valence-corrected chi connectivity index (χ1v) is 7.60. The zero-order chi connectivity index (χ0) is 16.4. The van der Waals surface area contributed by atoms with E-state index in [-0.39, 0.29) is 29.5 Å². The lowest BCUT2D eigenvalue weighted by atomic mass is 10.1. The van der Waals surface area contributed by atoms with Crippen LogP contribution in [0.2, 0.25) is 0 Å². The van der Waals surface area contributed by atoms with Crippen molar-refractivity contribution in [2.24, 2.45) is 0 Å². The number of carbonyl (C=O) groups excluding carboxylic acids is 1. The van der Waals surface area contributed by atoms with E-state index in [1.807, 2.05) is 0 Å². The Morgan fingerprint density at radius 2 is 2.09 bits per heavy atom. The van der Waals surface area contributed by atoms with Crippen LogP contribution in [0.3, 0.4) is 0 Å². The van der Waals surface area contributed by atoms with E-state index in [0.29, 0.717) is 15.4 Å². The molecular formula is C16H12F2N2O2S. The van der Waals surface area contributed by atoms with Gasteiger partial charge in [-0.25, -0.2) is 13.8 Å². The zero-order valence-corrected chi connectivity index (χ0v) is 12.9. The predicted molar refractivity (Wildman–Crippen MR) is 83.8 cm³/mol. The van der Waals surface area contributed by atoms with Crippen LogP contribution in [-0.4, -0.2) is 17.9 Å². The summed E-state index contributed by atoms with van der Waals surface area (Å²) < 4.78 is 33.3. The molecule has 1 N–H and O–H groups in total. The summed E-state index contributed by atoms with van der Waals surface area (Å²) in [5, 5.41) is 2.73. The summed E-state index contributed by atoms with van der Waals surface area (Å²) in [5.41, 5.74) is 0.895. The molecule has 0 aliphatic heterocycles. The molecule has 3 rings (SSSR count). The summed E-state index contributed by atoms with van der Waals surface area (Å²) in [6.07, 6.45) is -0.0387. The fourth-order valence-electron chi connectivity index (χ4n) is 2.02. The highest BCUT2D eigenvalue weighted by molar-refractivity contribution is 7.20. The standard InChI is InChI=1S/C16H12F2N2O2S/c1-19-15(21)6-9-2-4-11(8-12(9)18)22-16-20-13-5-3-10(17)7-14(13)23-16/h2-5,7-8H,6H2,1H3,(H,19,21). The Balaban J connectivity index is 1.81. The number of nitrogens with zero attached hydrogens (tertiary/aromatic N) is 1. The highest BCUT2D eigenvalue weighted by Crippen LogP contribution is 2.32. The summed E-state index contributed by atoms with van der Waals surface area (Å²) in [5.74, 6) is -0.885. The van der Waals surface area contributed by atoms with Gasteiger partial charge in [0.25, 0.3) is 5.19 Å². The van der Waals surface area contributed by atoms with Crippen LogP contribution < -0.4 is 10.1 Å². The second-order valence-corrected chi connectivity index (χ2v) is 5.79. The number of rotatable bonds is 4. The van der Waals surface area contributed by atoms with Gasteiger partial charge < -0.3 is 10.1 Å². The van der Waals surface area contributed by atoms with Crippen molar-refractivity contribution in [2.75, 3.05) is 7.05 Å². The number of amides is 1. The lowest BCUT2D eigenvalue weighted by Crippen LogP contribution is -2.20. The minimum atomic E-state index is -0.529. The Bertz CT molecular complexity index is 880. The van der Waals surface area contributed by atoms with Crippen molar-refractivity contribution in [3.05, 3.63) is 53.6 Å². The molecule has 0 saturated heterocycles. The molecule has 1 amide bonds. The van der Waals surface area contributed by atoms with Crippen LogP contribution in [0.5, 0.6) is 10.9 Å². The first kappa shape index (κ1) is 15.4. The molecule has 0 aliphatic carbocycles. The maximum Gasteiger partial charge on any atom is 0.279 e. The lowest BCUT2D eigenvalue weighted by Gasteiger charge is -2.05. The number of ether oxygens (including phenoxy) is 1. The molecule has 0 aliphatic rings. The van der Waals surface area contributed by atoms with Crippen molar-refractivity contribution in [1.82, 2.24) is 10.3 Å². The van der Waals surface area contributed by atoms with Gasteiger partial charge in [0, 0.05) is 13.1 Å². The molecular weight excluding hydrogens is 322 g/mol. The third-order valence-electron chi connectivity index (χ3n) is 3.19. The molecule has 0 spiro atoms. The van der Waals surface area contributed by atoms with E-state index < -0.39 is 5.82 Å². The van der Waals surface area contributed by atoms with Gasteiger partial charge in [0.15, 0.2) is 0 Å². The molecule has 0 saturated carbocycles. The number of benzene rings is 2. The number of likely N-dealkylation sites (N-methyl/N-ethyl adjacent to an activating group) is 1. The molecule has 118 valence electrons. The average Bonchev–Trinajstić information content (AvgIpc) is 2.91. The number of nitrogens with one attached hydrogen (secondary N) is 1. The second-order valence-electron chi connectivity index (χ2n) is 4.80. The highest BCUT2D eigenvalue weighted by Gasteiger charge is 2.11. The quantitative estimate of drug-likeness (QED) is 0.792. The van der Waals surface area contributed by atoms with Gasteiger partial charge in [-0.3, -0.25) is 4.79 Å². The maximum absolute atomic E-state index is 14.0. The van der Waals surface area contributed by atoms with Gasteiger partial charge in [-0.05, 0) is 29.8 Å². The fourth-order valence-corrected chi connectivity index (χ4v) is 2.88. The Kier molecular flexibility index (Phi) is 4.20. The Hall–Kier alpha value is -2.54. The molecule has 3 aromatic rings. The first-order chi connectivity index (χ1) is 11.0. The minimum absolute atomic E-state index is 0.0387. The Morgan fingerprint density at radius 1 is 1.26 bits per heavy atom. The summed E-state index contributed by atoms with van der Waals surface area (Å²) in [4.78, 5) is 15.5. The average molecular weight is 334 g/mol. The largest absolute Gasteiger partial charge is 0.431 e. The minimum Gasteiger partial charge on any atom is -0.431 e. The summed E-state index contributed by atoms with van der Waals surface area (Å²) in [6, 6.07) is 8.50. The first-order valence-electron chi connectivity index (χ1n) is 6.78. The van der Waals surface area contributed by atoms with Crippen molar-refractivity contribution in [2.45, 2.75) is 6.42 Å².